The van der Waals surface area contributed by atoms with Gasteiger partial charge in [-0.1, -0.05) is 52.4 Å². The fourth-order valence-corrected chi connectivity index (χ4v) is 3.20. The summed E-state index contributed by atoms with van der Waals surface area (Å²) < 4.78 is 0. The van der Waals surface area contributed by atoms with E-state index in [1.165, 1.54) is 51.4 Å². The zero-order valence-corrected chi connectivity index (χ0v) is 13.3. The number of unbranched alkanes of at least 4 members (excludes halogenated alkanes) is 3. The highest BCUT2D eigenvalue weighted by molar-refractivity contribution is 5.76. The third-order valence-corrected chi connectivity index (χ3v) is 4.57. The van der Waals surface area contributed by atoms with Gasteiger partial charge in [-0.05, 0) is 32.6 Å². The molecule has 0 aromatic rings. The second kappa shape index (κ2) is 9.39. The highest BCUT2D eigenvalue weighted by Crippen LogP contribution is 2.26. The maximum absolute atomic E-state index is 12.5. The van der Waals surface area contributed by atoms with Gasteiger partial charge in [0.25, 0.3) is 0 Å². The van der Waals surface area contributed by atoms with Crippen LogP contribution in [0.5, 0.6) is 0 Å². The van der Waals surface area contributed by atoms with Crippen molar-refractivity contribution in [2.75, 3.05) is 0 Å². The lowest BCUT2D eigenvalue weighted by molar-refractivity contribution is -0.137. The van der Waals surface area contributed by atoms with Crippen LogP contribution in [0, 0.1) is 0 Å². The first-order valence-electron chi connectivity index (χ1n) is 8.51. The van der Waals surface area contributed by atoms with Crippen molar-refractivity contribution in [3.63, 3.8) is 0 Å². The van der Waals surface area contributed by atoms with E-state index in [9.17, 15) is 4.79 Å². The fourth-order valence-electron chi connectivity index (χ4n) is 3.20. The summed E-state index contributed by atoms with van der Waals surface area (Å²) in [6, 6.07) is 0.948. The zero-order valence-electron chi connectivity index (χ0n) is 13.3. The van der Waals surface area contributed by atoms with E-state index in [1.54, 1.807) is 0 Å². The van der Waals surface area contributed by atoms with Gasteiger partial charge in [-0.15, -0.1) is 0 Å². The second-order valence-electron chi connectivity index (χ2n) is 6.16. The quantitative estimate of drug-likeness (QED) is 0.572. The van der Waals surface area contributed by atoms with E-state index in [1.807, 2.05) is 0 Å². The molecule has 1 atom stereocenters. The van der Waals surface area contributed by atoms with Crippen molar-refractivity contribution < 1.29 is 4.79 Å². The third-order valence-electron chi connectivity index (χ3n) is 4.57. The number of hydrogen-bond donors (Lipinski definition) is 0. The van der Waals surface area contributed by atoms with Crippen LogP contribution >= 0.6 is 0 Å². The van der Waals surface area contributed by atoms with E-state index in [-0.39, 0.29) is 0 Å². The molecule has 0 radical (unpaired) electrons. The Balaban J connectivity index is 2.49. The van der Waals surface area contributed by atoms with E-state index >= 15 is 0 Å². The predicted molar refractivity (Wildman–Crippen MR) is 82.2 cm³/mol. The molecule has 0 N–H and O–H groups in total. The molecule has 0 bridgehead atoms. The average molecular weight is 267 g/mol. The zero-order chi connectivity index (χ0) is 14.1. The van der Waals surface area contributed by atoms with Crippen LogP contribution in [0.2, 0.25) is 0 Å². The highest BCUT2D eigenvalue weighted by Gasteiger charge is 2.27. The van der Waals surface area contributed by atoms with Gasteiger partial charge in [0.2, 0.25) is 5.91 Å². The molecule has 1 saturated carbocycles. The maximum atomic E-state index is 12.5. The van der Waals surface area contributed by atoms with Gasteiger partial charge in [0.05, 0.1) is 0 Å². The molecule has 0 heterocycles. The summed E-state index contributed by atoms with van der Waals surface area (Å²) in [5.41, 5.74) is 0. The van der Waals surface area contributed by atoms with Crippen LogP contribution in [0.25, 0.3) is 0 Å². The number of carbonyl (C=O) groups excluding carboxylic acids is 1. The summed E-state index contributed by atoms with van der Waals surface area (Å²) in [5, 5.41) is 0. The minimum atomic E-state index is 0.414. The highest BCUT2D eigenvalue weighted by atomic mass is 16.2. The topological polar surface area (TPSA) is 20.3 Å². The second-order valence-corrected chi connectivity index (χ2v) is 6.16. The molecule has 0 aliphatic heterocycles. The normalized spacial score (nSPS) is 18.3. The smallest absolute Gasteiger partial charge is 0.223 e. The standard InChI is InChI=1S/C17H33NO/c1-4-6-7-11-14-17(19)18(15(3)5-2)16-12-9-8-10-13-16/h15-16H,4-14H2,1-3H3. The van der Waals surface area contributed by atoms with Crippen LogP contribution in [-0.2, 0) is 4.79 Å². The Morgan fingerprint density at radius 1 is 1.11 bits per heavy atom. The SMILES string of the molecule is CCCCCCC(=O)N(C(C)CC)C1CCCCC1. The summed E-state index contributed by atoms with van der Waals surface area (Å²) in [4.78, 5) is 14.8. The molecular formula is C17H33NO. The average Bonchev–Trinajstić information content (AvgIpc) is 2.45. The Morgan fingerprint density at radius 3 is 2.37 bits per heavy atom. The number of amides is 1. The van der Waals surface area contributed by atoms with Gasteiger partial charge in [-0.3, -0.25) is 4.79 Å². The van der Waals surface area contributed by atoms with E-state index in [0.29, 0.717) is 18.0 Å². The summed E-state index contributed by atoms with van der Waals surface area (Å²) in [6.07, 6.45) is 13.1. The molecule has 2 nitrogen and oxygen atoms in total. The lowest BCUT2D eigenvalue weighted by atomic mass is 9.92. The van der Waals surface area contributed by atoms with Crippen molar-refractivity contribution in [2.45, 2.75) is 103 Å². The molecule has 112 valence electrons. The Kier molecular flexibility index (Phi) is 8.16. The van der Waals surface area contributed by atoms with E-state index in [2.05, 4.69) is 25.7 Å². The van der Waals surface area contributed by atoms with Crippen molar-refractivity contribution in [1.82, 2.24) is 4.90 Å². The number of carbonyl (C=O) groups is 1. The molecule has 1 amide bonds. The number of hydrogen-bond acceptors (Lipinski definition) is 1. The largest absolute Gasteiger partial charge is 0.337 e. The van der Waals surface area contributed by atoms with E-state index in [4.69, 9.17) is 0 Å². The molecule has 1 unspecified atom stereocenters. The third kappa shape index (κ3) is 5.54. The van der Waals surface area contributed by atoms with E-state index in [0.717, 1.165) is 19.3 Å². The predicted octanol–water partition coefficient (Wildman–Crippen LogP) is 4.92. The number of rotatable bonds is 8. The van der Waals surface area contributed by atoms with Gasteiger partial charge >= 0.3 is 0 Å². The molecule has 2 heteroatoms. The van der Waals surface area contributed by atoms with Gasteiger partial charge in [-0.25, -0.2) is 0 Å². The van der Waals surface area contributed by atoms with Crippen molar-refractivity contribution in [3.8, 4) is 0 Å². The van der Waals surface area contributed by atoms with Crippen LogP contribution in [0.15, 0.2) is 0 Å². The number of nitrogens with zero attached hydrogens (tertiary/aromatic N) is 1. The molecule has 0 aromatic carbocycles. The first-order valence-corrected chi connectivity index (χ1v) is 8.51. The molecule has 19 heavy (non-hydrogen) atoms. The van der Waals surface area contributed by atoms with Gasteiger partial charge in [0, 0.05) is 18.5 Å². The van der Waals surface area contributed by atoms with Crippen LogP contribution in [0.3, 0.4) is 0 Å². The molecule has 0 saturated heterocycles. The molecular weight excluding hydrogens is 234 g/mol. The molecule has 0 aromatic heterocycles. The lowest BCUT2D eigenvalue weighted by Crippen LogP contribution is -2.46. The Hall–Kier alpha value is -0.530. The first-order chi connectivity index (χ1) is 9.20. The van der Waals surface area contributed by atoms with Gasteiger partial charge in [0.1, 0.15) is 0 Å². The summed E-state index contributed by atoms with van der Waals surface area (Å²) in [6.45, 7) is 6.64. The molecule has 1 fully saturated rings. The van der Waals surface area contributed by atoms with E-state index < -0.39 is 0 Å². The lowest BCUT2D eigenvalue weighted by Gasteiger charge is -2.38. The van der Waals surface area contributed by atoms with Gasteiger partial charge in [0.15, 0.2) is 0 Å². The Morgan fingerprint density at radius 2 is 1.79 bits per heavy atom. The first kappa shape index (κ1) is 16.5. The van der Waals surface area contributed by atoms with Gasteiger partial charge in [-0.2, -0.15) is 0 Å². The van der Waals surface area contributed by atoms with Crippen molar-refractivity contribution in [3.05, 3.63) is 0 Å². The van der Waals surface area contributed by atoms with Gasteiger partial charge < -0.3 is 4.90 Å². The van der Waals surface area contributed by atoms with Crippen molar-refractivity contribution in [1.29, 1.82) is 0 Å². The Bertz CT molecular complexity index is 246. The molecule has 1 rings (SSSR count). The monoisotopic (exact) mass is 267 g/mol. The minimum Gasteiger partial charge on any atom is -0.337 e. The molecule has 1 aliphatic rings. The fraction of sp³-hybridized carbons (Fsp3) is 0.941. The molecule has 0 spiro atoms. The van der Waals surface area contributed by atoms with Crippen LogP contribution in [0.1, 0.15) is 91.4 Å². The van der Waals surface area contributed by atoms with Crippen LogP contribution in [-0.4, -0.2) is 22.9 Å². The summed E-state index contributed by atoms with van der Waals surface area (Å²) >= 11 is 0. The Labute approximate surface area is 119 Å². The van der Waals surface area contributed by atoms with Crippen molar-refractivity contribution in [2.24, 2.45) is 0 Å². The minimum absolute atomic E-state index is 0.414. The maximum Gasteiger partial charge on any atom is 0.223 e. The summed E-state index contributed by atoms with van der Waals surface area (Å²) in [5.74, 6) is 0.414. The van der Waals surface area contributed by atoms with Crippen molar-refractivity contribution >= 4 is 5.91 Å². The van der Waals surface area contributed by atoms with Crippen LogP contribution < -0.4 is 0 Å². The molecule has 1 aliphatic carbocycles. The summed E-state index contributed by atoms with van der Waals surface area (Å²) in [7, 11) is 0. The van der Waals surface area contributed by atoms with Crippen LogP contribution in [0.4, 0.5) is 0 Å².